The minimum absolute atomic E-state index is 0.501. The predicted molar refractivity (Wildman–Crippen MR) is 66.7 cm³/mol. The van der Waals surface area contributed by atoms with Crippen LogP contribution < -0.4 is 5.32 Å². The van der Waals surface area contributed by atoms with Crippen LogP contribution in [0.15, 0.2) is 24.9 Å². The van der Waals surface area contributed by atoms with Gasteiger partial charge in [0.2, 0.25) is 0 Å². The molecule has 1 aliphatic carbocycles. The van der Waals surface area contributed by atoms with Gasteiger partial charge in [0.15, 0.2) is 0 Å². The molecular weight excluding hydrogens is 228 g/mol. The molecule has 0 aliphatic heterocycles. The van der Waals surface area contributed by atoms with E-state index >= 15 is 0 Å². The average Bonchev–Trinajstić information content (AvgIpc) is 3.07. The van der Waals surface area contributed by atoms with Crippen molar-refractivity contribution in [3.63, 3.8) is 0 Å². The Morgan fingerprint density at radius 1 is 1.44 bits per heavy atom. The van der Waals surface area contributed by atoms with Gasteiger partial charge in [-0.25, -0.2) is 4.98 Å². The van der Waals surface area contributed by atoms with Crippen molar-refractivity contribution in [1.82, 2.24) is 29.9 Å². The quantitative estimate of drug-likeness (QED) is 0.870. The van der Waals surface area contributed by atoms with E-state index < -0.39 is 0 Å². The summed E-state index contributed by atoms with van der Waals surface area (Å²) in [6, 6.07) is 1.02. The molecule has 1 fully saturated rings. The number of hydrogen-bond acceptors (Lipinski definition) is 4. The summed E-state index contributed by atoms with van der Waals surface area (Å²) in [6.07, 6.45) is 11.4. The molecule has 0 amide bonds. The van der Waals surface area contributed by atoms with Gasteiger partial charge in [-0.2, -0.15) is 0 Å². The average molecular weight is 246 g/mol. The van der Waals surface area contributed by atoms with Gasteiger partial charge in [0.05, 0.1) is 12.0 Å². The molecule has 0 spiro atoms. The van der Waals surface area contributed by atoms with Crippen LogP contribution in [0.3, 0.4) is 0 Å². The molecule has 2 unspecified atom stereocenters. The lowest BCUT2D eigenvalue weighted by Gasteiger charge is -2.21. The van der Waals surface area contributed by atoms with E-state index in [4.69, 9.17) is 0 Å². The maximum Gasteiger partial charge on any atom is 0.0964 e. The zero-order valence-electron chi connectivity index (χ0n) is 10.5. The van der Waals surface area contributed by atoms with Crippen LogP contribution in [0.1, 0.15) is 31.0 Å². The second-order valence-electron chi connectivity index (χ2n) is 4.88. The molecular formula is C12H18N6. The van der Waals surface area contributed by atoms with Crippen LogP contribution in [0.5, 0.6) is 0 Å². The Kier molecular flexibility index (Phi) is 3.10. The standard InChI is InChI=1S/C12H18N6/c1-17-8-10(15-16-17)7-14-11-3-2-4-12(11)18-6-5-13-9-18/h5-6,8-9,11-12,14H,2-4,7H2,1H3. The first-order chi connectivity index (χ1) is 8.83. The van der Waals surface area contributed by atoms with Gasteiger partial charge in [-0.05, 0) is 19.3 Å². The number of rotatable bonds is 4. The Hall–Kier alpha value is -1.69. The highest BCUT2D eigenvalue weighted by molar-refractivity contribution is 4.96. The maximum atomic E-state index is 4.13. The second kappa shape index (κ2) is 4.89. The lowest BCUT2D eigenvalue weighted by Crippen LogP contribution is -2.33. The normalized spacial score (nSPS) is 23.6. The topological polar surface area (TPSA) is 60.6 Å². The molecule has 96 valence electrons. The second-order valence-corrected chi connectivity index (χ2v) is 4.88. The molecule has 2 atom stereocenters. The molecule has 3 rings (SSSR count). The molecule has 6 nitrogen and oxygen atoms in total. The van der Waals surface area contributed by atoms with Crippen LogP contribution >= 0.6 is 0 Å². The van der Waals surface area contributed by atoms with Crippen LogP contribution in [-0.2, 0) is 13.6 Å². The summed E-state index contributed by atoms with van der Waals surface area (Å²) in [7, 11) is 1.89. The van der Waals surface area contributed by atoms with Gasteiger partial charge >= 0.3 is 0 Å². The van der Waals surface area contributed by atoms with E-state index in [-0.39, 0.29) is 0 Å². The minimum Gasteiger partial charge on any atom is -0.333 e. The van der Waals surface area contributed by atoms with Gasteiger partial charge in [0.25, 0.3) is 0 Å². The molecule has 6 heteroatoms. The lowest BCUT2D eigenvalue weighted by molar-refractivity contribution is 0.389. The minimum atomic E-state index is 0.501. The molecule has 0 aromatic carbocycles. The van der Waals surface area contributed by atoms with Crippen molar-refractivity contribution in [3.8, 4) is 0 Å². The smallest absolute Gasteiger partial charge is 0.0964 e. The Bertz CT molecular complexity index is 488. The van der Waals surface area contributed by atoms with Crippen LogP contribution in [0.2, 0.25) is 0 Å². The van der Waals surface area contributed by atoms with Gasteiger partial charge < -0.3 is 9.88 Å². The zero-order valence-corrected chi connectivity index (χ0v) is 10.5. The molecule has 1 N–H and O–H groups in total. The Balaban J connectivity index is 1.62. The Morgan fingerprint density at radius 3 is 3.11 bits per heavy atom. The van der Waals surface area contributed by atoms with E-state index in [9.17, 15) is 0 Å². The summed E-state index contributed by atoms with van der Waals surface area (Å²) >= 11 is 0. The van der Waals surface area contributed by atoms with Gasteiger partial charge in [-0.3, -0.25) is 4.68 Å². The van der Waals surface area contributed by atoms with Crippen LogP contribution in [-0.4, -0.2) is 30.6 Å². The molecule has 18 heavy (non-hydrogen) atoms. The van der Waals surface area contributed by atoms with E-state index in [0.29, 0.717) is 12.1 Å². The number of nitrogens with one attached hydrogen (secondary N) is 1. The third-order valence-electron chi connectivity index (χ3n) is 3.58. The third kappa shape index (κ3) is 2.28. The van der Waals surface area contributed by atoms with Gasteiger partial charge in [0.1, 0.15) is 0 Å². The monoisotopic (exact) mass is 246 g/mol. The summed E-state index contributed by atoms with van der Waals surface area (Å²) in [6.45, 7) is 0.781. The van der Waals surface area contributed by atoms with Gasteiger partial charge in [0, 0.05) is 44.3 Å². The molecule has 0 saturated heterocycles. The lowest BCUT2D eigenvalue weighted by atomic mass is 10.1. The van der Waals surface area contributed by atoms with Crippen molar-refractivity contribution in [2.45, 2.75) is 37.9 Å². The van der Waals surface area contributed by atoms with Gasteiger partial charge in [-0.15, -0.1) is 5.10 Å². The summed E-state index contributed by atoms with van der Waals surface area (Å²) in [4.78, 5) is 4.13. The van der Waals surface area contributed by atoms with Crippen molar-refractivity contribution in [2.75, 3.05) is 0 Å². The van der Waals surface area contributed by atoms with Crippen LogP contribution in [0.25, 0.3) is 0 Å². The first-order valence-electron chi connectivity index (χ1n) is 6.39. The van der Waals surface area contributed by atoms with E-state index in [2.05, 4.69) is 25.2 Å². The van der Waals surface area contributed by atoms with Crippen LogP contribution in [0.4, 0.5) is 0 Å². The first-order valence-corrected chi connectivity index (χ1v) is 6.39. The van der Waals surface area contributed by atoms with Crippen LogP contribution in [0, 0.1) is 0 Å². The molecule has 2 heterocycles. The zero-order chi connectivity index (χ0) is 12.4. The maximum absolute atomic E-state index is 4.13. The van der Waals surface area contributed by atoms with E-state index in [1.807, 2.05) is 32.0 Å². The Labute approximate surface area is 106 Å². The SMILES string of the molecule is Cn1cc(CNC2CCCC2n2ccnc2)nn1. The first kappa shape index (κ1) is 11.4. The number of aryl methyl sites for hydroxylation is 1. The molecule has 1 saturated carbocycles. The third-order valence-corrected chi connectivity index (χ3v) is 3.58. The Morgan fingerprint density at radius 2 is 2.39 bits per heavy atom. The fourth-order valence-corrected chi connectivity index (χ4v) is 2.71. The van der Waals surface area contributed by atoms with Crippen molar-refractivity contribution in [1.29, 1.82) is 0 Å². The van der Waals surface area contributed by atoms with Crippen molar-refractivity contribution in [3.05, 3.63) is 30.6 Å². The van der Waals surface area contributed by atoms with Crippen molar-refractivity contribution >= 4 is 0 Å². The summed E-state index contributed by atoms with van der Waals surface area (Å²) in [5.74, 6) is 0. The fraction of sp³-hybridized carbons (Fsp3) is 0.583. The fourth-order valence-electron chi connectivity index (χ4n) is 2.71. The highest BCUT2D eigenvalue weighted by Crippen LogP contribution is 2.29. The van der Waals surface area contributed by atoms with E-state index in [0.717, 1.165) is 12.2 Å². The predicted octanol–water partition coefficient (Wildman–Crippen LogP) is 0.895. The van der Waals surface area contributed by atoms with E-state index in [1.165, 1.54) is 19.3 Å². The van der Waals surface area contributed by atoms with Crippen molar-refractivity contribution < 1.29 is 0 Å². The summed E-state index contributed by atoms with van der Waals surface area (Å²) in [5.41, 5.74) is 0.994. The highest BCUT2D eigenvalue weighted by Gasteiger charge is 2.27. The summed E-state index contributed by atoms with van der Waals surface area (Å²) < 4.78 is 3.94. The van der Waals surface area contributed by atoms with Gasteiger partial charge in [-0.1, -0.05) is 5.21 Å². The number of imidazole rings is 1. The number of nitrogens with zero attached hydrogens (tertiary/aromatic N) is 5. The number of hydrogen-bond donors (Lipinski definition) is 1. The highest BCUT2D eigenvalue weighted by atomic mass is 15.4. The molecule has 0 bridgehead atoms. The molecule has 2 aromatic rings. The number of aromatic nitrogens is 5. The van der Waals surface area contributed by atoms with E-state index in [1.54, 1.807) is 4.68 Å². The summed E-state index contributed by atoms with van der Waals surface area (Å²) in [5, 5.41) is 11.6. The molecule has 0 radical (unpaired) electrons. The largest absolute Gasteiger partial charge is 0.333 e. The molecule has 2 aromatic heterocycles. The molecule has 1 aliphatic rings. The van der Waals surface area contributed by atoms with Crippen molar-refractivity contribution in [2.24, 2.45) is 7.05 Å².